The van der Waals surface area contributed by atoms with Crippen molar-refractivity contribution >= 4 is 45.1 Å². The topological polar surface area (TPSA) is 93.8 Å². The van der Waals surface area contributed by atoms with Crippen molar-refractivity contribution in [2.45, 2.75) is 13.3 Å². The maximum atomic E-state index is 11.7. The van der Waals surface area contributed by atoms with Crippen molar-refractivity contribution in [3.8, 4) is 5.75 Å². The van der Waals surface area contributed by atoms with Gasteiger partial charge in [0, 0.05) is 6.07 Å². The lowest BCUT2D eigenvalue weighted by Crippen LogP contribution is -2.24. The number of aryl methyl sites for hydroxylation is 1. The molecule has 0 saturated carbocycles. The maximum absolute atomic E-state index is 11.7. The van der Waals surface area contributed by atoms with E-state index in [1.807, 2.05) is 13.0 Å². The number of rotatable bonds is 7. The number of para-hydroxylation sites is 1. The van der Waals surface area contributed by atoms with E-state index >= 15 is 0 Å². The van der Waals surface area contributed by atoms with E-state index in [1.54, 1.807) is 18.2 Å². The standard InChI is InChI=1S/C15H14BrN3O4S/c1-2-14-12(19(21)22)7-10(24-14)8-17-18-15(20)9-23-13-6-4-3-5-11(13)16/h3-8H,2,9H2,1H3,(H,18,20)/b17-8+. The summed E-state index contributed by atoms with van der Waals surface area (Å²) in [4.78, 5) is 23.4. The van der Waals surface area contributed by atoms with Crippen LogP contribution in [0.2, 0.25) is 0 Å². The number of thiophene rings is 1. The Morgan fingerprint density at radius 2 is 2.25 bits per heavy atom. The number of hydrazone groups is 1. The van der Waals surface area contributed by atoms with E-state index in [4.69, 9.17) is 4.74 Å². The molecule has 0 atom stereocenters. The molecule has 0 aliphatic rings. The first-order valence-corrected chi connectivity index (χ1v) is 8.58. The van der Waals surface area contributed by atoms with Crippen LogP contribution in [0.25, 0.3) is 0 Å². The molecule has 0 radical (unpaired) electrons. The highest BCUT2D eigenvalue weighted by Gasteiger charge is 2.16. The molecule has 0 aliphatic heterocycles. The molecule has 126 valence electrons. The summed E-state index contributed by atoms with van der Waals surface area (Å²) in [6.45, 7) is 1.66. The van der Waals surface area contributed by atoms with E-state index in [0.29, 0.717) is 21.9 Å². The summed E-state index contributed by atoms with van der Waals surface area (Å²) in [7, 11) is 0. The number of carbonyl (C=O) groups is 1. The van der Waals surface area contributed by atoms with E-state index in [1.165, 1.54) is 23.6 Å². The molecule has 0 saturated heterocycles. The lowest BCUT2D eigenvalue weighted by Gasteiger charge is -2.06. The highest BCUT2D eigenvalue weighted by molar-refractivity contribution is 9.10. The van der Waals surface area contributed by atoms with E-state index in [0.717, 1.165) is 4.47 Å². The minimum atomic E-state index is -0.427. The minimum absolute atomic E-state index is 0.0764. The zero-order valence-corrected chi connectivity index (χ0v) is 15.1. The van der Waals surface area contributed by atoms with Crippen LogP contribution in [0.5, 0.6) is 5.75 Å². The van der Waals surface area contributed by atoms with Crippen molar-refractivity contribution < 1.29 is 14.5 Å². The molecule has 1 aromatic carbocycles. The number of hydrogen-bond donors (Lipinski definition) is 1. The Balaban J connectivity index is 1.88. The minimum Gasteiger partial charge on any atom is -0.483 e. The van der Waals surface area contributed by atoms with Crippen LogP contribution in [0.4, 0.5) is 5.69 Å². The van der Waals surface area contributed by atoms with Gasteiger partial charge < -0.3 is 4.74 Å². The molecule has 1 N–H and O–H groups in total. The SMILES string of the molecule is CCc1sc(/C=N/NC(=O)COc2ccccc2Br)cc1[N+](=O)[O-]. The molecule has 1 amide bonds. The summed E-state index contributed by atoms with van der Waals surface area (Å²) in [5.41, 5.74) is 2.40. The highest BCUT2D eigenvalue weighted by atomic mass is 79.9. The Kier molecular flexibility index (Phi) is 6.44. The fourth-order valence-corrected chi connectivity index (χ4v) is 3.16. The lowest BCUT2D eigenvalue weighted by atomic mass is 10.3. The molecule has 9 heteroatoms. The van der Waals surface area contributed by atoms with E-state index < -0.39 is 10.8 Å². The lowest BCUT2D eigenvalue weighted by molar-refractivity contribution is -0.385. The average molecular weight is 412 g/mol. The molecule has 1 heterocycles. The van der Waals surface area contributed by atoms with Gasteiger partial charge in [0.15, 0.2) is 6.61 Å². The third-order valence-corrected chi connectivity index (χ3v) is 4.76. The van der Waals surface area contributed by atoms with E-state index in [2.05, 4.69) is 26.5 Å². The average Bonchev–Trinajstić information content (AvgIpc) is 2.98. The second-order valence-electron chi connectivity index (χ2n) is 4.58. The van der Waals surface area contributed by atoms with Crippen molar-refractivity contribution in [3.63, 3.8) is 0 Å². The van der Waals surface area contributed by atoms with Crippen LogP contribution in [0.1, 0.15) is 16.7 Å². The number of nitrogens with zero attached hydrogens (tertiary/aromatic N) is 2. The van der Waals surface area contributed by atoms with Gasteiger partial charge in [0.05, 0.1) is 25.4 Å². The molecule has 0 aliphatic carbocycles. The van der Waals surface area contributed by atoms with Gasteiger partial charge in [-0.15, -0.1) is 11.3 Å². The Morgan fingerprint density at radius 3 is 2.88 bits per heavy atom. The molecule has 2 aromatic rings. The van der Waals surface area contributed by atoms with Crippen molar-refractivity contribution in [1.82, 2.24) is 5.43 Å². The highest BCUT2D eigenvalue weighted by Crippen LogP contribution is 2.28. The molecule has 2 rings (SSSR count). The molecule has 24 heavy (non-hydrogen) atoms. The second kappa shape index (κ2) is 8.55. The fourth-order valence-electron chi connectivity index (χ4n) is 1.82. The van der Waals surface area contributed by atoms with Crippen LogP contribution in [-0.2, 0) is 11.2 Å². The van der Waals surface area contributed by atoms with Gasteiger partial charge in [-0.2, -0.15) is 5.10 Å². The molecule has 0 unspecified atom stereocenters. The molecule has 0 spiro atoms. The third kappa shape index (κ3) is 4.87. The van der Waals surface area contributed by atoms with Gasteiger partial charge in [0.25, 0.3) is 11.6 Å². The number of halogens is 1. The number of ether oxygens (including phenoxy) is 1. The predicted molar refractivity (Wildman–Crippen MR) is 95.7 cm³/mol. The first-order valence-electron chi connectivity index (χ1n) is 6.97. The van der Waals surface area contributed by atoms with Gasteiger partial charge in [0.2, 0.25) is 0 Å². The second-order valence-corrected chi connectivity index (χ2v) is 6.60. The quantitative estimate of drug-likeness (QED) is 0.428. The molecule has 0 fully saturated rings. The predicted octanol–water partition coefficient (Wildman–Crippen LogP) is 3.51. The number of hydrogen-bond acceptors (Lipinski definition) is 6. The van der Waals surface area contributed by atoms with Gasteiger partial charge in [0.1, 0.15) is 5.75 Å². The fraction of sp³-hybridized carbons (Fsp3) is 0.200. The van der Waals surface area contributed by atoms with Crippen LogP contribution < -0.4 is 10.2 Å². The normalized spacial score (nSPS) is 10.8. The van der Waals surface area contributed by atoms with Crippen molar-refractivity contribution in [2.75, 3.05) is 6.61 Å². The Morgan fingerprint density at radius 1 is 1.50 bits per heavy atom. The van der Waals surface area contributed by atoms with Gasteiger partial charge in [-0.05, 0) is 34.5 Å². The number of benzene rings is 1. The van der Waals surface area contributed by atoms with Gasteiger partial charge in [-0.3, -0.25) is 14.9 Å². The third-order valence-electron chi connectivity index (χ3n) is 2.90. The van der Waals surface area contributed by atoms with E-state index in [-0.39, 0.29) is 12.3 Å². The molecule has 1 aromatic heterocycles. The number of nitro groups is 1. The van der Waals surface area contributed by atoms with Gasteiger partial charge >= 0.3 is 0 Å². The van der Waals surface area contributed by atoms with Crippen molar-refractivity contribution in [3.05, 3.63) is 54.7 Å². The van der Waals surface area contributed by atoms with Crippen molar-refractivity contribution in [1.29, 1.82) is 0 Å². The zero-order chi connectivity index (χ0) is 17.5. The van der Waals surface area contributed by atoms with Crippen LogP contribution in [-0.4, -0.2) is 23.7 Å². The van der Waals surface area contributed by atoms with Gasteiger partial charge in [-0.1, -0.05) is 19.1 Å². The number of nitrogens with one attached hydrogen (secondary N) is 1. The van der Waals surface area contributed by atoms with Crippen LogP contribution in [0.3, 0.4) is 0 Å². The Labute approximate surface area is 150 Å². The summed E-state index contributed by atoms with van der Waals surface area (Å²) < 4.78 is 6.10. The first kappa shape index (κ1) is 18.1. The molecule has 7 nitrogen and oxygen atoms in total. The Bertz CT molecular complexity index is 776. The summed E-state index contributed by atoms with van der Waals surface area (Å²) in [5, 5.41) is 14.7. The summed E-state index contributed by atoms with van der Waals surface area (Å²) >= 11 is 4.59. The summed E-state index contributed by atoms with van der Waals surface area (Å²) in [5.74, 6) is 0.127. The van der Waals surface area contributed by atoms with Gasteiger partial charge in [-0.25, -0.2) is 5.43 Å². The molecule has 0 bridgehead atoms. The summed E-state index contributed by atoms with van der Waals surface area (Å²) in [6, 6.07) is 8.62. The Hall–Kier alpha value is -2.26. The monoisotopic (exact) mass is 411 g/mol. The largest absolute Gasteiger partial charge is 0.483 e. The first-order chi connectivity index (χ1) is 11.5. The number of carbonyl (C=O) groups excluding carboxylic acids is 1. The van der Waals surface area contributed by atoms with E-state index in [9.17, 15) is 14.9 Å². The molecular formula is C15H14BrN3O4S. The molecular weight excluding hydrogens is 398 g/mol. The van der Waals surface area contributed by atoms with Crippen LogP contribution >= 0.6 is 27.3 Å². The van der Waals surface area contributed by atoms with Crippen molar-refractivity contribution in [2.24, 2.45) is 5.10 Å². The maximum Gasteiger partial charge on any atom is 0.283 e. The smallest absolute Gasteiger partial charge is 0.283 e. The van der Waals surface area contributed by atoms with Crippen LogP contribution in [0, 0.1) is 10.1 Å². The van der Waals surface area contributed by atoms with Crippen LogP contribution in [0.15, 0.2) is 39.9 Å². The summed E-state index contributed by atoms with van der Waals surface area (Å²) in [6.07, 6.45) is 1.95. The zero-order valence-electron chi connectivity index (χ0n) is 12.7. The number of amides is 1.